The smallest absolute Gasteiger partial charge is 0.0502 e. The van der Waals surface area contributed by atoms with Crippen molar-refractivity contribution in [2.45, 2.75) is 6.92 Å². The highest BCUT2D eigenvalue weighted by molar-refractivity contribution is 7.18. The van der Waals surface area contributed by atoms with Gasteiger partial charge in [-0.2, -0.15) is 0 Å². The van der Waals surface area contributed by atoms with Gasteiger partial charge in [-0.05, 0) is 12.5 Å². The number of hydrogen-bond donors (Lipinski definition) is 1. The Balaban J connectivity index is 2.94. The van der Waals surface area contributed by atoms with Gasteiger partial charge in [-0.15, -0.1) is 11.3 Å². The third-order valence-electron chi connectivity index (χ3n) is 1.83. The van der Waals surface area contributed by atoms with Crippen molar-refractivity contribution in [2.24, 2.45) is 0 Å². The average Bonchev–Trinajstić information content (AvgIpc) is 2.35. The second kappa shape index (κ2) is 2.24. The molecule has 2 aromatic rings. The van der Waals surface area contributed by atoms with Crippen LogP contribution in [0, 0.1) is 6.92 Å². The van der Waals surface area contributed by atoms with Crippen LogP contribution in [0.5, 0.6) is 0 Å². The van der Waals surface area contributed by atoms with E-state index in [-0.39, 0.29) is 0 Å². The third-order valence-corrected chi connectivity index (χ3v) is 2.98. The second-order valence-electron chi connectivity index (χ2n) is 2.64. The summed E-state index contributed by atoms with van der Waals surface area (Å²) in [6.07, 6.45) is 0. The Labute approximate surface area is 69.5 Å². The van der Waals surface area contributed by atoms with Crippen LogP contribution < -0.4 is 5.73 Å². The molecule has 1 aromatic heterocycles. The van der Waals surface area contributed by atoms with E-state index < -0.39 is 0 Å². The summed E-state index contributed by atoms with van der Waals surface area (Å²) in [6.45, 7) is 2.11. The maximum Gasteiger partial charge on any atom is 0.0502 e. The molecule has 56 valence electrons. The zero-order chi connectivity index (χ0) is 7.84. The first-order chi connectivity index (χ1) is 5.29. The molecule has 0 amide bonds. The summed E-state index contributed by atoms with van der Waals surface area (Å²) < 4.78 is 1.31. The SMILES string of the molecule is Cc1cccc2c(N)csc12. The highest BCUT2D eigenvalue weighted by Gasteiger charge is 2.00. The summed E-state index contributed by atoms with van der Waals surface area (Å²) in [5.74, 6) is 0. The zero-order valence-electron chi connectivity index (χ0n) is 6.29. The highest BCUT2D eigenvalue weighted by atomic mass is 32.1. The molecule has 2 rings (SSSR count). The van der Waals surface area contributed by atoms with Crippen LogP contribution in [0.25, 0.3) is 10.1 Å². The van der Waals surface area contributed by atoms with Gasteiger partial charge in [-0.3, -0.25) is 0 Å². The highest BCUT2D eigenvalue weighted by Crippen LogP contribution is 2.29. The Kier molecular flexibility index (Phi) is 1.36. The van der Waals surface area contributed by atoms with Gasteiger partial charge in [0.2, 0.25) is 0 Å². The molecule has 1 nitrogen and oxygen atoms in total. The van der Waals surface area contributed by atoms with E-state index in [0.717, 1.165) is 5.69 Å². The second-order valence-corrected chi connectivity index (χ2v) is 3.52. The number of nitrogen functional groups attached to an aromatic ring is 1. The number of anilines is 1. The molecular weight excluding hydrogens is 154 g/mol. The van der Waals surface area contributed by atoms with Crippen LogP contribution in [-0.2, 0) is 0 Å². The standard InChI is InChI=1S/C9H9NS/c1-6-3-2-4-7-8(10)5-11-9(6)7/h2-5H,10H2,1H3. The summed E-state index contributed by atoms with van der Waals surface area (Å²) >= 11 is 1.72. The predicted octanol–water partition coefficient (Wildman–Crippen LogP) is 2.79. The molecule has 0 aliphatic rings. The van der Waals surface area contributed by atoms with Crippen LogP contribution in [-0.4, -0.2) is 0 Å². The lowest BCUT2D eigenvalue weighted by Gasteiger charge is -1.93. The fourth-order valence-corrected chi connectivity index (χ4v) is 2.16. The summed E-state index contributed by atoms with van der Waals surface area (Å²) in [6, 6.07) is 6.22. The van der Waals surface area contributed by atoms with Crippen LogP contribution in [0.1, 0.15) is 5.56 Å². The van der Waals surface area contributed by atoms with Crippen molar-refractivity contribution in [1.82, 2.24) is 0 Å². The maximum atomic E-state index is 5.76. The largest absolute Gasteiger partial charge is 0.398 e. The summed E-state index contributed by atoms with van der Waals surface area (Å²) in [7, 11) is 0. The Hall–Kier alpha value is -1.02. The van der Waals surface area contributed by atoms with E-state index in [2.05, 4.69) is 19.1 Å². The minimum absolute atomic E-state index is 0.897. The molecule has 0 unspecified atom stereocenters. The van der Waals surface area contributed by atoms with Crippen molar-refractivity contribution in [2.75, 3.05) is 5.73 Å². The molecule has 0 radical (unpaired) electrons. The van der Waals surface area contributed by atoms with E-state index >= 15 is 0 Å². The molecule has 0 saturated carbocycles. The van der Waals surface area contributed by atoms with Crippen LogP contribution in [0.15, 0.2) is 23.6 Å². The lowest BCUT2D eigenvalue weighted by atomic mass is 10.2. The Morgan fingerprint density at radius 3 is 2.91 bits per heavy atom. The van der Waals surface area contributed by atoms with E-state index in [1.165, 1.54) is 15.6 Å². The van der Waals surface area contributed by atoms with Gasteiger partial charge in [0.25, 0.3) is 0 Å². The van der Waals surface area contributed by atoms with E-state index in [1.54, 1.807) is 11.3 Å². The van der Waals surface area contributed by atoms with Gasteiger partial charge < -0.3 is 5.73 Å². The van der Waals surface area contributed by atoms with Gasteiger partial charge in [0.15, 0.2) is 0 Å². The molecule has 0 aliphatic carbocycles. The number of thiophene rings is 1. The first kappa shape index (κ1) is 6.68. The number of aryl methyl sites for hydroxylation is 1. The zero-order valence-corrected chi connectivity index (χ0v) is 7.11. The molecule has 0 atom stereocenters. The Morgan fingerprint density at radius 2 is 2.18 bits per heavy atom. The van der Waals surface area contributed by atoms with E-state index in [9.17, 15) is 0 Å². The van der Waals surface area contributed by atoms with Gasteiger partial charge >= 0.3 is 0 Å². The topological polar surface area (TPSA) is 26.0 Å². The minimum Gasteiger partial charge on any atom is -0.398 e. The van der Waals surface area contributed by atoms with Crippen LogP contribution in [0.2, 0.25) is 0 Å². The molecule has 2 heteroatoms. The number of rotatable bonds is 0. The monoisotopic (exact) mass is 163 g/mol. The van der Waals surface area contributed by atoms with E-state index in [0.29, 0.717) is 0 Å². The first-order valence-corrected chi connectivity index (χ1v) is 4.39. The number of hydrogen-bond acceptors (Lipinski definition) is 2. The van der Waals surface area contributed by atoms with Gasteiger partial charge in [-0.1, -0.05) is 18.2 Å². The minimum atomic E-state index is 0.897. The van der Waals surface area contributed by atoms with Gasteiger partial charge in [0, 0.05) is 15.5 Å². The summed E-state index contributed by atoms with van der Waals surface area (Å²) in [4.78, 5) is 0. The molecular formula is C9H9NS. The lowest BCUT2D eigenvalue weighted by molar-refractivity contribution is 1.56. The normalized spacial score (nSPS) is 10.6. The maximum absolute atomic E-state index is 5.76. The number of fused-ring (bicyclic) bond motifs is 1. The fourth-order valence-electron chi connectivity index (χ4n) is 1.22. The van der Waals surface area contributed by atoms with Crippen molar-refractivity contribution in [3.8, 4) is 0 Å². The summed E-state index contributed by atoms with van der Waals surface area (Å²) in [5.41, 5.74) is 7.96. The third kappa shape index (κ3) is 0.906. The predicted molar refractivity (Wildman–Crippen MR) is 51.0 cm³/mol. The fraction of sp³-hybridized carbons (Fsp3) is 0.111. The lowest BCUT2D eigenvalue weighted by Crippen LogP contribution is -1.80. The van der Waals surface area contributed by atoms with Crippen molar-refractivity contribution in [3.05, 3.63) is 29.1 Å². The Bertz CT molecular complexity index is 389. The average molecular weight is 163 g/mol. The molecule has 0 saturated heterocycles. The number of benzene rings is 1. The molecule has 0 aliphatic heterocycles. The van der Waals surface area contributed by atoms with E-state index in [1.807, 2.05) is 11.4 Å². The van der Waals surface area contributed by atoms with Crippen molar-refractivity contribution >= 4 is 27.1 Å². The van der Waals surface area contributed by atoms with Gasteiger partial charge in [0.05, 0.1) is 5.69 Å². The molecule has 1 aromatic carbocycles. The van der Waals surface area contributed by atoms with Crippen LogP contribution in [0.3, 0.4) is 0 Å². The van der Waals surface area contributed by atoms with Crippen molar-refractivity contribution < 1.29 is 0 Å². The number of nitrogens with two attached hydrogens (primary N) is 1. The van der Waals surface area contributed by atoms with Gasteiger partial charge in [-0.25, -0.2) is 0 Å². The molecule has 0 fully saturated rings. The van der Waals surface area contributed by atoms with Crippen molar-refractivity contribution in [1.29, 1.82) is 0 Å². The molecule has 2 N–H and O–H groups in total. The van der Waals surface area contributed by atoms with Crippen molar-refractivity contribution in [3.63, 3.8) is 0 Å². The first-order valence-electron chi connectivity index (χ1n) is 3.51. The molecule has 1 heterocycles. The van der Waals surface area contributed by atoms with Gasteiger partial charge in [0.1, 0.15) is 0 Å². The summed E-state index contributed by atoms with van der Waals surface area (Å²) in [5, 5.41) is 3.19. The quantitative estimate of drug-likeness (QED) is 0.635. The van der Waals surface area contributed by atoms with Crippen LogP contribution >= 0.6 is 11.3 Å². The molecule has 0 bridgehead atoms. The van der Waals surface area contributed by atoms with E-state index in [4.69, 9.17) is 5.73 Å². The Morgan fingerprint density at radius 1 is 1.36 bits per heavy atom. The molecule has 0 spiro atoms. The molecule has 11 heavy (non-hydrogen) atoms. The van der Waals surface area contributed by atoms with Crippen LogP contribution in [0.4, 0.5) is 5.69 Å².